The van der Waals surface area contributed by atoms with E-state index in [4.69, 9.17) is 0 Å². The first-order valence-electron chi connectivity index (χ1n) is 9.25. The molecule has 0 aliphatic carbocycles. The highest BCUT2D eigenvalue weighted by molar-refractivity contribution is 6.02. The lowest BCUT2D eigenvalue weighted by molar-refractivity contribution is -0.143. The first-order valence-corrected chi connectivity index (χ1v) is 9.25. The number of para-hydroxylation sites is 2. The fourth-order valence-corrected chi connectivity index (χ4v) is 3.84. The Morgan fingerprint density at radius 3 is 2.16 bits per heavy atom. The maximum Gasteiger partial charge on any atom is 0.416 e. The Morgan fingerprint density at radius 1 is 0.844 bits per heavy atom. The number of nitrogens with one attached hydrogen (secondary N) is 1. The molecule has 5 rings (SSSR count). The molecular formula is C22H11F6N3O. The summed E-state index contributed by atoms with van der Waals surface area (Å²) in [5, 5.41) is 0. The summed E-state index contributed by atoms with van der Waals surface area (Å²) >= 11 is 0. The number of aromatic amines is 1. The number of nitrogens with zero attached hydrogens (tertiary/aromatic N) is 2. The Morgan fingerprint density at radius 2 is 1.50 bits per heavy atom. The van der Waals surface area contributed by atoms with Gasteiger partial charge in [0.15, 0.2) is 0 Å². The summed E-state index contributed by atoms with van der Waals surface area (Å²) in [6, 6.07) is 10.8. The van der Waals surface area contributed by atoms with Crippen molar-refractivity contribution in [2.45, 2.75) is 12.4 Å². The molecule has 162 valence electrons. The predicted molar refractivity (Wildman–Crippen MR) is 107 cm³/mol. The van der Waals surface area contributed by atoms with Crippen molar-refractivity contribution in [1.29, 1.82) is 0 Å². The maximum absolute atomic E-state index is 13.4. The molecule has 1 aromatic heterocycles. The van der Waals surface area contributed by atoms with Gasteiger partial charge < -0.3 is 4.98 Å². The standard InChI is InChI=1S/C22H11F6N3O/c23-21(24,25)13-7-12(8-14(9-13)22(26,27)28)15-4-2-6-17-18(15)29-10-11-3-1-5-16-19(11)31(17)20(32)30-16/h1-10H,(H,30,32). The van der Waals surface area contributed by atoms with E-state index in [-0.39, 0.29) is 28.6 Å². The van der Waals surface area contributed by atoms with Crippen molar-refractivity contribution in [1.82, 2.24) is 9.55 Å². The molecule has 0 bridgehead atoms. The van der Waals surface area contributed by atoms with E-state index in [0.717, 1.165) is 0 Å². The van der Waals surface area contributed by atoms with Gasteiger partial charge in [0.2, 0.25) is 0 Å². The number of hydrogen-bond acceptors (Lipinski definition) is 2. The van der Waals surface area contributed by atoms with Crippen LogP contribution < -0.4 is 5.69 Å². The molecule has 1 N–H and O–H groups in total. The molecule has 3 aromatic carbocycles. The van der Waals surface area contributed by atoms with E-state index in [1.807, 2.05) is 0 Å². The normalized spacial score (nSPS) is 13.3. The first kappa shape index (κ1) is 20.1. The van der Waals surface area contributed by atoms with Gasteiger partial charge in [0.1, 0.15) is 0 Å². The van der Waals surface area contributed by atoms with Gasteiger partial charge in [-0.15, -0.1) is 0 Å². The fraction of sp³-hybridized carbons (Fsp3) is 0.0909. The number of aliphatic imine (C=N–C) groups is 1. The number of alkyl halides is 6. The lowest BCUT2D eigenvalue weighted by Gasteiger charge is -2.16. The molecule has 1 aliphatic heterocycles. The van der Waals surface area contributed by atoms with Crippen LogP contribution in [0.25, 0.3) is 27.8 Å². The van der Waals surface area contributed by atoms with Gasteiger partial charge >= 0.3 is 18.0 Å². The van der Waals surface area contributed by atoms with Crippen LogP contribution >= 0.6 is 0 Å². The van der Waals surface area contributed by atoms with Crippen LogP contribution in [0.4, 0.5) is 32.0 Å². The van der Waals surface area contributed by atoms with E-state index in [2.05, 4.69) is 9.98 Å². The molecule has 32 heavy (non-hydrogen) atoms. The van der Waals surface area contributed by atoms with Gasteiger partial charge in [-0.05, 0) is 35.9 Å². The molecule has 4 aromatic rings. The number of fused-ring (bicyclic) bond motifs is 2. The Balaban J connectivity index is 1.82. The lowest BCUT2D eigenvalue weighted by atomic mass is 9.97. The Hall–Kier alpha value is -3.82. The van der Waals surface area contributed by atoms with Crippen molar-refractivity contribution >= 4 is 22.9 Å². The van der Waals surface area contributed by atoms with Gasteiger partial charge in [-0.2, -0.15) is 26.3 Å². The van der Waals surface area contributed by atoms with Crippen molar-refractivity contribution in [3.63, 3.8) is 0 Å². The average molecular weight is 447 g/mol. The average Bonchev–Trinajstić information content (AvgIpc) is 2.95. The number of benzene rings is 3. The van der Waals surface area contributed by atoms with Crippen molar-refractivity contribution in [2.24, 2.45) is 4.99 Å². The molecular weight excluding hydrogens is 436 g/mol. The Kier molecular flexibility index (Phi) is 4.14. The fourth-order valence-electron chi connectivity index (χ4n) is 3.84. The molecule has 0 saturated carbocycles. The van der Waals surface area contributed by atoms with Crippen molar-refractivity contribution in [2.75, 3.05) is 0 Å². The SMILES string of the molecule is O=c1[nH]c2cccc3c2n1-c1cccc(-c2cc(C(F)(F)F)cc(C(F)(F)F)c2)c1N=C3. The molecule has 0 radical (unpaired) electrons. The lowest BCUT2D eigenvalue weighted by Crippen LogP contribution is -2.15. The quantitative estimate of drug-likeness (QED) is 0.311. The van der Waals surface area contributed by atoms with E-state index in [0.29, 0.717) is 28.7 Å². The molecule has 0 spiro atoms. The van der Waals surface area contributed by atoms with Crippen molar-refractivity contribution in [3.8, 4) is 16.8 Å². The van der Waals surface area contributed by atoms with Crippen LogP contribution in [0.1, 0.15) is 16.7 Å². The third-order valence-electron chi connectivity index (χ3n) is 5.22. The zero-order valence-electron chi connectivity index (χ0n) is 15.8. The van der Waals surface area contributed by atoms with Gasteiger partial charge in [-0.3, -0.25) is 9.56 Å². The largest absolute Gasteiger partial charge is 0.416 e. The van der Waals surface area contributed by atoms with E-state index < -0.39 is 29.2 Å². The molecule has 4 nitrogen and oxygen atoms in total. The van der Waals surface area contributed by atoms with Crippen LogP contribution in [0.15, 0.2) is 64.4 Å². The second kappa shape index (κ2) is 6.59. The Bertz CT molecular complexity index is 1440. The smallest absolute Gasteiger partial charge is 0.305 e. The van der Waals surface area contributed by atoms with Crippen LogP contribution in [0.3, 0.4) is 0 Å². The zero-order valence-corrected chi connectivity index (χ0v) is 15.8. The second-order valence-electron chi connectivity index (χ2n) is 7.24. The molecule has 2 heterocycles. The number of halogens is 6. The maximum atomic E-state index is 13.4. The van der Waals surface area contributed by atoms with E-state index in [9.17, 15) is 31.1 Å². The number of hydrogen-bond donors (Lipinski definition) is 1. The van der Waals surface area contributed by atoms with Gasteiger partial charge in [0, 0.05) is 17.3 Å². The van der Waals surface area contributed by atoms with Gasteiger partial charge in [0.25, 0.3) is 0 Å². The minimum atomic E-state index is -4.98. The van der Waals surface area contributed by atoms with Gasteiger partial charge in [-0.25, -0.2) is 4.79 Å². The minimum Gasteiger partial charge on any atom is -0.305 e. The number of aromatic nitrogens is 2. The summed E-state index contributed by atoms with van der Waals surface area (Å²) < 4.78 is 81.4. The highest BCUT2D eigenvalue weighted by atomic mass is 19.4. The van der Waals surface area contributed by atoms with Crippen LogP contribution in [-0.2, 0) is 12.4 Å². The molecule has 0 fully saturated rings. The van der Waals surface area contributed by atoms with Crippen LogP contribution in [0, 0.1) is 0 Å². The second-order valence-corrected chi connectivity index (χ2v) is 7.24. The van der Waals surface area contributed by atoms with Crippen molar-refractivity contribution < 1.29 is 26.3 Å². The molecule has 10 heteroatoms. The minimum absolute atomic E-state index is 0.0319. The monoisotopic (exact) mass is 447 g/mol. The van der Waals surface area contributed by atoms with E-state index in [1.165, 1.54) is 29.0 Å². The highest BCUT2D eigenvalue weighted by Gasteiger charge is 2.37. The van der Waals surface area contributed by atoms with E-state index >= 15 is 0 Å². The van der Waals surface area contributed by atoms with Gasteiger partial charge in [-0.1, -0.05) is 24.3 Å². The number of imidazole rings is 1. The molecule has 0 amide bonds. The summed E-state index contributed by atoms with van der Waals surface area (Å²) in [6.45, 7) is 0. The zero-order chi connectivity index (χ0) is 22.8. The van der Waals surface area contributed by atoms with Gasteiger partial charge in [0.05, 0.1) is 33.5 Å². The van der Waals surface area contributed by atoms with E-state index in [1.54, 1.807) is 18.2 Å². The molecule has 0 unspecified atom stereocenters. The highest BCUT2D eigenvalue weighted by Crippen LogP contribution is 2.43. The number of H-pyrrole nitrogens is 1. The Labute approximate surface area is 175 Å². The summed E-state index contributed by atoms with van der Waals surface area (Å²) in [7, 11) is 0. The third kappa shape index (κ3) is 3.10. The summed E-state index contributed by atoms with van der Waals surface area (Å²) in [5.41, 5.74) is -1.71. The summed E-state index contributed by atoms with van der Waals surface area (Å²) in [4.78, 5) is 19.7. The molecule has 0 saturated heterocycles. The molecule has 0 atom stereocenters. The third-order valence-corrected chi connectivity index (χ3v) is 5.22. The first-order chi connectivity index (χ1) is 15.0. The predicted octanol–water partition coefficient (Wildman–Crippen LogP) is 6.09. The van der Waals surface area contributed by atoms with Crippen molar-refractivity contribution in [3.05, 3.63) is 81.8 Å². The topological polar surface area (TPSA) is 50.1 Å². The van der Waals surface area contributed by atoms with Crippen LogP contribution in [0.2, 0.25) is 0 Å². The summed E-state index contributed by atoms with van der Waals surface area (Å²) in [5.74, 6) is 0. The molecule has 1 aliphatic rings. The summed E-state index contributed by atoms with van der Waals surface area (Å²) in [6.07, 6.45) is -8.53. The van der Waals surface area contributed by atoms with Crippen LogP contribution in [0.5, 0.6) is 0 Å². The van der Waals surface area contributed by atoms with Crippen LogP contribution in [-0.4, -0.2) is 15.8 Å². The number of rotatable bonds is 1.